The summed E-state index contributed by atoms with van der Waals surface area (Å²) >= 11 is 0. The molecule has 0 heterocycles. The Hall–Kier alpha value is -3.47. The van der Waals surface area contributed by atoms with Crippen molar-refractivity contribution in [3.8, 4) is 11.5 Å². The lowest BCUT2D eigenvalue weighted by atomic mass is 10.2. The average molecular weight is 362 g/mol. The fraction of sp³-hybridized carbons (Fsp3) is 0.136. The summed E-state index contributed by atoms with van der Waals surface area (Å²) in [5, 5.41) is 6.20. The van der Waals surface area contributed by atoms with Gasteiger partial charge in [-0.25, -0.2) is 0 Å². The Morgan fingerprint density at radius 2 is 1.30 bits per heavy atom. The molecule has 3 rings (SSSR count). The molecule has 0 spiro atoms. The molecule has 0 saturated heterocycles. The van der Waals surface area contributed by atoms with Crippen LogP contribution >= 0.6 is 0 Å². The van der Waals surface area contributed by atoms with Gasteiger partial charge in [-0.2, -0.15) is 0 Å². The fourth-order valence-electron chi connectivity index (χ4n) is 2.55. The SMILES string of the molecule is CCOc1ccc(Nc2ccc(NC(=O)c3ccc(OC)cc3)cc2)cc1. The van der Waals surface area contributed by atoms with Gasteiger partial charge in [0.05, 0.1) is 13.7 Å². The zero-order valence-corrected chi connectivity index (χ0v) is 15.4. The largest absolute Gasteiger partial charge is 0.497 e. The van der Waals surface area contributed by atoms with E-state index in [9.17, 15) is 4.79 Å². The van der Waals surface area contributed by atoms with E-state index in [1.807, 2.05) is 55.5 Å². The number of hydrogen-bond acceptors (Lipinski definition) is 4. The Labute approximate surface area is 158 Å². The van der Waals surface area contributed by atoms with Crippen LogP contribution in [0.25, 0.3) is 0 Å². The van der Waals surface area contributed by atoms with Crippen molar-refractivity contribution in [3.63, 3.8) is 0 Å². The van der Waals surface area contributed by atoms with E-state index < -0.39 is 0 Å². The molecule has 0 saturated carbocycles. The van der Waals surface area contributed by atoms with Crippen molar-refractivity contribution >= 4 is 23.0 Å². The molecule has 5 nitrogen and oxygen atoms in total. The van der Waals surface area contributed by atoms with E-state index in [4.69, 9.17) is 9.47 Å². The van der Waals surface area contributed by atoms with Crippen molar-refractivity contribution < 1.29 is 14.3 Å². The van der Waals surface area contributed by atoms with Crippen LogP contribution in [0.3, 0.4) is 0 Å². The highest BCUT2D eigenvalue weighted by molar-refractivity contribution is 6.04. The lowest BCUT2D eigenvalue weighted by molar-refractivity contribution is 0.102. The molecule has 138 valence electrons. The van der Waals surface area contributed by atoms with Crippen LogP contribution in [-0.4, -0.2) is 19.6 Å². The van der Waals surface area contributed by atoms with Gasteiger partial charge >= 0.3 is 0 Å². The van der Waals surface area contributed by atoms with Crippen LogP contribution in [0, 0.1) is 0 Å². The van der Waals surface area contributed by atoms with E-state index in [0.717, 1.165) is 28.6 Å². The van der Waals surface area contributed by atoms with Crippen molar-refractivity contribution in [2.24, 2.45) is 0 Å². The van der Waals surface area contributed by atoms with Crippen LogP contribution in [-0.2, 0) is 0 Å². The van der Waals surface area contributed by atoms with Crippen LogP contribution in [0.2, 0.25) is 0 Å². The first-order valence-corrected chi connectivity index (χ1v) is 8.73. The maximum atomic E-state index is 12.3. The van der Waals surface area contributed by atoms with Crippen molar-refractivity contribution in [3.05, 3.63) is 78.4 Å². The van der Waals surface area contributed by atoms with Crippen molar-refractivity contribution in [1.82, 2.24) is 0 Å². The molecule has 27 heavy (non-hydrogen) atoms. The maximum absolute atomic E-state index is 12.3. The molecule has 0 fully saturated rings. The number of hydrogen-bond donors (Lipinski definition) is 2. The van der Waals surface area contributed by atoms with Gasteiger partial charge in [0.1, 0.15) is 11.5 Å². The molecule has 0 bridgehead atoms. The molecule has 0 aliphatic carbocycles. The van der Waals surface area contributed by atoms with Gasteiger partial charge < -0.3 is 20.1 Å². The fourth-order valence-corrected chi connectivity index (χ4v) is 2.55. The Bertz CT molecular complexity index is 873. The summed E-state index contributed by atoms with van der Waals surface area (Å²) in [6.07, 6.45) is 0. The quantitative estimate of drug-likeness (QED) is 0.615. The van der Waals surface area contributed by atoms with E-state index in [2.05, 4.69) is 10.6 Å². The van der Waals surface area contributed by atoms with Gasteiger partial charge in [0, 0.05) is 22.6 Å². The number of rotatable bonds is 7. The first-order chi connectivity index (χ1) is 13.2. The third kappa shape index (κ3) is 5.01. The molecule has 0 unspecified atom stereocenters. The van der Waals surface area contributed by atoms with Crippen molar-refractivity contribution in [2.75, 3.05) is 24.4 Å². The summed E-state index contributed by atoms with van der Waals surface area (Å²) in [4.78, 5) is 12.3. The summed E-state index contributed by atoms with van der Waals surface area (Å²) < 4.78 is 10.5. The number of amides is 1. The van der Waals surface area contributed by atoms with Gasteiger partial charge in [-0.05, 0) is 79.7 Å². The maximum Gasteiger partial charge on any atom is 0.255 e. The summed E-state index contributed by atoms with van der Waals surface area (Å²) in [5.41, 5.74) is 3.20. The highest BCUT2D eigenvalue weighted by Crippen LogP contribution is 2.22. The van der Waals surface area contributed by atoms with Crippen LogP contribution in [0.15, 0.2) is 72.8 Å². The minimum Gasteiger partial charge on any atom is -0.497 e. The number of nitrogens with one attached hydrogen (secondary N) is 2. The minimum absolute atomic E-state index is 0.162. The van der Waals surface area contributed by atoms with Crippen LogP contribution < -0.4 is 20.1 Å². The Balaban J connectivity index is 1.60. The Kier molecular flexibility index (Phi) is 5.94. The molecule has 0 radical (unpaired) electrons. The van der Waals surface area contributed by atoms with Gasteiger partial charge in [0.2, 0.25) is 0 Å². The van der Waals surface area contributed by atoms with E-state index in [1.165, 1.54) is 0 Å². The predicted molar refractivity (Wildman–Crippen MR) is 108 cm³/mol. The monoisotopic (exact) mass is 362 g/mol. The van der Waals surface area contributed by atoms with Crippen LogP contribution in [0.5, 0.6) is 11.5 Å². The van der Waals surface area contributed by atoms with Gasteiger partial charge in [0.25, 0.3) is 5.91 Å². The van der Waals surface area contributed by atoms with Crippen LogP contribution in [0.4, 0.5) is 17.1 Å². The molecule has 0 aliphatic heterocycles. The molecule has 0 aromatic heterocycles. The smallest absolute Gasteiger partial charge is 0.255 e. The summed E-state index contributed by atoms with van der Waals surface area (Å²) in [7, 11) is 1.60. The van der Waals surface area contributed by atoms with Crippen molar-refractivity contribution in [1.29, 1.82) is 0 Å². The molecule has 2 N–H and O–H groups in total. The molecular weight excluding hydrogens is 340 g/mol. The van der Waals surface area contributed by atoms with Crippen molar-refractivity contribution in [2.45, 2.75) is 6.92 Å². The highest BCUT2D eigenvalue weighted by Gasteiger charge is 2.06. The molecule has 3 aromatic carbocycles. The normalized spacial score (nSPS) is 10.1. The molecule has 5 heteroatoms. The molecule has 0 atom stereocenters. The second-order valence-corrected chi connectivity index (χ2v) is 5.84. The van der Waals surface area contributed by atoms with Gasteiger partial charge in [-0.3, -0.25) is 4.79 Å². The van der Waals surface area contributed by atoms with E-state index >= 15 is 0 Å². The molecule has 0 aliphatic rings. The van der Waals surface area contributed by atoms with Crippen LogP contribution in [0.1, 0.15) is 17.3 Å². The first kappa shape index (κ1) is 18.3. The number of ether oxygens (including phenoxy) is 2. The average Bonchev–Trinajstić information content (AvgIpc) is 2.71. The predicted octanol–water partition coefficient (Wildman–Crippen LogP) is 5.09. The van der Waals surface area contributed by atoms with E-state index in [1.54, 1.807) is 31.4 Å². The third-order valence-corrected chi connectivity index (χ3v) is 3.95. The first-order valence-electron chi connectivity index (χ1n) is 8.73. The summed E-state index contributed by atoms with van der Waals surface area (Å²) in [5.74, 6) is 1.40. The van der Waals surface area contributed by atoms with E-state index in [-0.39, 0.29) is 5.91 Å². The summed E-state index contributed by atoms with van der Waals surface area (Å²) in [6, 6.07) is 22.3. The lowest BCUT2D eigenvalue weighted by Gasteiger charge is -2.10. The number of anilines is 3. The lowest BCUT2D eigenvalue weighted by Crippen LogP contribution is -2.11. The van der Waals surface area contributed by atoms with Gasteiger partial charge in [-0.1, -0.05) is 0 Å². The molecule has 3 aromatic rings. The topological polar surface area (TPSA) is 59.6 Å². The number of carbonyl (C=O) groups excluding carboxylic acids is 1. The standard InChI is InChI=1S/C22H22N2O3/c1-3-27-21-14-10-18(11-15-21)23-17-6-8-19(9-7-17)24-22(25)16-4-12-20(26-2)13-5-16/h4-15,23H,3H2,1-2H3,(H,24,25). The highest BCUT2D eigenvalue weighted by atomic mass is 16.5. The van der Waals surface area contributed by atoms with Gasteiger partial charge in [-0.15, -0.1) is 0 Å². The molecule has 1 amide bonds. The number of methoxy groups -OCH3 is 1. The third-order valence-electron chi connectivity index (χ3n) is 3.95. The number of benzene rings is 3. The van der Waals surface area contributed by atoms with E-state index in [0.29, 0.717) is 12.2 Å². The van der Waals surface area contributed by atoms with Gasteiger partial charge in [0.15, 0.2) is 0 Å². The molecular formula is C22H22N2O3. The zero-order chi connectivity index (χ0) is 19.1. The minimum atomic E-state index is -0.162. The zero-order valence-electron chi connectivity index (χ0n) is 15.4. The summed E-state index contributed by atoms with van der Waals surface area (Å²) in [6.45, 7) is 2.61. The number of carbonyl (C=O) groups is 1. The second kappa shape index (κ2) is 8.76. The second-order valence-electron chi connectivity index (χ2n) is 5.84. The Morgan fingerprint density at radius 1 is 0.778 bits per heavy atom. The Morgan fingerprint density at radius 3 is 1.85 bits per heavy atom.